The summed E-state index contributed by atoms with van der Waals surface area (Å²) in [5, 5.41) is 24.7. The Balaban J connectivity index is 2.15. The van der Waals surface area contributed by atoms with E-state index in [-0.39, 0.29) is 17.1 Å². The molecule has 0 atom stereocenters. The molecule has 0 spiro atoms. The smallest absolute Gasteiger partial charge is 0.299 e. The number of nitro benzene ring substituents is 2. The highest BCUT2D eigenvalue weighted by molar-refractivity contribution is 5.71. The summed E-state index contributed by atoms with van der Waals surface area (Å²) in [4.78, 5) is 20.5. The molecule has 2 aromatic rings. The van der Waals surface area contributed by atoms with Crippen molar-refractivity contribution < 1.29 is 19.3 Å². The quantitative estimate of drug-likeness (QED) is 0.447. The molecule has 2 aromatic carbocycles. The Morgan fingerprint density at radius 3 is 2.29 bits per heavy atom. The van der Waals surface area contributed by atoms with Crippen LogP contribution in [-0.2, 0) is 4.74 Å². The van der Waals surface area contributed by atoms with E-state index in [1.807, 2.05) is 0 Å². The van der Waals surface area contributed by atoms with Crippen molar-refractivity contribution in [2.45, 2.75) is 0 Å². The van der Waals surface area contributed by atoms with Gasteiger partial charge in [0, 0.05) is 18.9 Å². The minimum absolute atomic E-state index is 0.165. The van der Waals surface area contributed by atoms with Gasteiger partial charge in [0.05, 0.1) is 22.5 Å². The normalized spacial score (nSPS) is 10.2. The Hall–Kier alpha value is -3.20. The van der Waals surface area contributed by atoms with Crippen LogP contribution in [-0.4, -0.2) is 30.2 Å². The van der Waals surface area contributed by atoms with Crippen molar-refractivity contribution in [3.05, 3.63) is 62.7 Å². The van der Waals surface area contributed by atoms with Crippen LogP contribution >= 0.6 is 0 Å². The largest absolute Gasteiger partial charge is 0.491 e. The number of benzene rings is 2. The van der Waals surface area contributed by atoms with Gasteiger partial charge >= 0.3 is 0 Å². The molecule has 0 bridgehead atoms. The molecular formula is C15H15N3O6. The molecule has 24 heavy (non-hydrogen) atoms. The number of rotatable bonds is 8. The predicted octanol–water partition coefficient (Wildman–Crippen LogP) is 3.27. The Labute approximate surface area is 137 Å². The van der Waals surface area contributed by atoms with Gasteiger partial charge < -0.3 is 14.8 Å². The minimum Gasteiger partial charge on any atom is -0.491 e. The Bertz CT molecular complexity index is 732. The Morgan fingerprint density at radius 1 is 1.00 bits per heavy atom. The van der Waals surface area contributed by atoms with E-state index in [4.69, 9.17) is 9.47 Å². The molecule has 1 N–H and O–H groups in total. The zero-order chi connectivity index (χ0) is 17.5. The molecule has 9 heteroatoms. The van der Waals surface area contributed by atoms with E-state index in [0.29, 0.717) is 24.7 Å². The van der Waals surface area contributed by atoms with Crippen LogP contribution in [0.5, 0.6) is 5.75 Å². The third kappa shape index (κ3) is 4.40. The molecule has 0 saturated heterocycles. The zero-order valence-corrected chi connectivity index (χ0v) is 12.8. The second-order valence-electron chi connectivity index (χ2n) is 4.71. The van der Waals surface area contributed by atoms with Crippen LogP contribution in [0.15, 0.2) is 42.5 Å². The lowest BCUT2D eigenvalue weighted by molar-refractivity contribution is -0.393. The average molecular weight is 333 g/mol. The van der Waals surface area contributed by atoms with Gasteiger partial charge in [0.2, 0.25) is 0 Å². The molecule has 0 heterocycles. The van der Waals surface area contributed by atoms with Crippen molar-refractivity contribution in [1.29, 1.82) is 0 Å². The molecule has 0 unspecified atom stereocenters. The summed E-state index contributed by atoms with van der Waals surface area (Å²) in [6.07, 6.45) is 0. The number of ether oxygens (including phenoxy) is 2. The van der Waals surface area contributed by atoms with E-state index in [0.717, 1.165) is 6.07 Å². The van der Waals surface area contributed by atoms with Gasteiger partial charge in [-0.05, 0) is 30.3 Å². The number of nitrogens with zero attached hydrogens (tertiary/aromatic N) is 2. The summed E-state index contributed by atoms with van der Waals surface area (Å²) < 4.78 is 10.3. The van der Waals surface area contributed by atoms with Gasteiger partial charge in [0.25, 0.3) is 11.4 Å². The molecular weight excluding hydrogens is 318 g/mol. The fourth-order valence-corrected chi connectivity index (χ4v) is 1.92. The first-order chi connectivity index (χ1) is 11.5. The fraction of sp³-hybridized carbons (Fsp3) is 0.200. The van der Waals surface area contributed by atoms with Gasteiger partial charge in [0.1, 0.15) is 18.0 Å². The number of hydrogen-bond donors (Lipinski definition) is 1. The molecule has 0 aliphatic carbocycles. The molecule has 0 aliphatic rings. The molecule has 0 fully saturated rings. The van der Waals surface area contributed by atoms with Crippen molar-refractivity contribution in [3.8, 4) is 5.75 Å². The first-order valence-electron chi connectivity index (χ1n) is 6.93. The molecule has 0 aliphatic heterocycles. The molecule has 0 aromatic heterocycles. The fourth-order valence-electron chi connectivity index (χ4n) is 1.92. The molecule has 126 valence electrons. The van der Waals surface area contributed by atoms with E-state index in [1.165, 1.54) is 12.1 Å². The van der Waals surface area contributed by atoms with E-state index < -0.39 is 9.85 Å². The maximum atomic E-state index is 11.1. The van der Waals surface area contributed by atoms with Crippen molar-refractivity contribution in [2.75, 3.05) is 25.6 Å². The molecule has 9 nitrogen and oxygen atoms in total. The van der Waals surface area contributed by atoms with Gasteiger partial charge in [-0.15, -0.1) is 0 Å². The van der Waals surface area contributed by atoms with Crippen LogP contribution < -0.4 is 10.1 Å². The molecule has 0 radical (unpaired) electrons. The SMILES string of the molecule is COCCOc1ccc(Nc2ccc([N+](=O)[O-])cc2[N+](=O)[O-])cc1. The lowest BCUT2D eigenvalue weighted by atomic mass is 10.2. The molecule has 0 saturated carbocycles. The third-order valence-electron chi connectivity index (χ3n) is 3.08. The number of non-ortho nitro benzene ring substituents is 1. The van der Waals surface area contributed by atoms with Gasteiger partial charge in [-0.3, -0.25) is 20.2 Å². The average Bonchev–Trinajstić information content (AvgIpc) is 2.56. The standard InChI is InChI=1S/C15H15N3O6/c1-23-8-9-24-13-5-2-11(3-6-13)16-14-7-4-12(17(19)20)10-15(14)18(21)22/h2-7,10,16H,8-9H2,1H3. The van der Waals surface area contributed by atoms with Crippen molar-refractivity contribution in [2.24, 2.45) is 0 Å². The monoisotopic (exact) mass is 333 g/mol. The highest BCUT2D eigenvalue weighted by atomic mass is 16.6. The van der Waals surface area contributed by atoms with E-state index in [9.17, 15) is 20.2 Å². The second-order valence-corrected chi connectivity index (χ2v) is 4.71. The van der Waals surface area contributed by atoms with Crippen LogP contribution in [0.25, 0.3) is 0 Å². The predicted molar refractivity (Wildman–Crippen MR) is 86.8 cm³/mol. The summed E-state index contributed by atoms with van der Waals surface area (Å²) in [6, 6.07) is 10.2. The number of nitrogens with one attached hydrogen (secondary N) is 1. The lowest BCUT2D eigenvalue weighted by Crippen LogP contribution is -2.04. The van der Waals surface area contributed by atoms with Crippen LogP contribution in [0, 0.1) is 20.2 Å². The maximum Gasteiger partial charge on any atom is 0.299 e. The van der Waals surface area contributed by atoms with Gasteiger partial charge in [-0.2, -0.15) is 0 Å². The lowest BCUT2D eigenvalue weighted by Gasteiger charge is -2.09. The first-order valence-corrected chi connectivity index (χ1v) is 6.93. The summed E-state index contributed by atoms with van der Waals surface area (Å²) in [5.74, 6) is 0.635. The van der Waals surface area contributed by atoms with E-state index in [1.54, 1.807) is 31.4 Å². The number of nitro groups is 2. The zero-order valence-electron chi connectivity index (χ0n) is 12.8. The minimum atomic E-state index is -0.678. The van der Waals surface area contributed by atoms with Crippen molar-refractivity contribution in [3.63, 3.8) is 0 Å². The highest BCUT2D eigenvalue weighted by Crippen LogP contribution is 2.31. The Kier molecular flexibility index (Phi) is 5.63. The molecule has 0 amide bonds. The maximum absolute atomic E-state index is 11.1. The van der Waals surface area contributed by atoms with E-state index >= 15 is 0 Å². The number of anilines is 2. The second kappa shape index (κ2) is 7.88. The molecule has 2 rings (SSSR count). The van der Waals surface area contributed by atoms with E-state index in [2.05, 4.69) is 5.32 Å². The van der Waals surface area contributed by atoms with Gasteiger partial charge in [-0.25, -0.2) is 0 Å². The van der Waals surface area contributed by atoms with Gasteiger partial charge in [0.15, 0.2) is 0 Å². The van der Waals surface area contributed by atoms with Crippen LogP contribution in [0.3, 0.4) is 0 Å². The van der Waals surface area contributed by atoms with Crippen LogP contribution in [0.2, 0.25) is 0 Å². The summed E-state index contributed by atoms with van der Waals surface area (Å²) >= 11 is 0. The van der Waals surface area contributed by atoms with Gasteiger partial charge in [-0.1, -0.05) is 0 Å². The summed E-state index contributed by atoms with van der Waals surface area (Å²) in [7, 11) is 1.58. The topological polar surface area (TPSA) is 117 Å². The van der Waals surface area contributed by atoms with Crippen molar-refractivity contribution >= 4 is 22.7 Å². The summed E-state index contributed by atoms with van der Waals surface area (Å²) in [5.41, 5.74) is 0.0449. The summed E-state index contributed by atoms with van der Waals surface area (Å²) in [6.45, 7) is 0.881. The van der Waals surface area contributed by atoms with Crippen LogP contribution in [0.1, 0.15) is 0 Å². The van der Waals surface area contributed by atoms with Crippen molar-refractivity contribution in [1.82, 2.24) is 0 Å². The highest BCUT2D eigenvalue weighted by Gasteiger charge is 2.19. The Morgan fingerprint density at radius 2 is 1.71 bits per heavy atom. The third-order valence-corrected chi connectivity index (χ3v) is 3.08. The number of methoxy groups -OCH3 is 1. The number of hydrogen-bond acceptors (Lipinski definition) is 7. The first kappa shape index (κ1) is 17.2. The van der Waals surface area contributed by atoms with Crippen LogP contribution in [0.4, 0.5) is 22.7 Å².